The van der Waals surface area contributed by atoms with E-state index in [1.54, 1.807) is 17.0 Å². The molecule has 23 heavy (non-hydrogen) atoms. The third kappa shape index (κ3) is 3.12. The second-order valence-electron chi connectivity index (χ2n) is 5.90. The molecule has 0 aromatic heterocycles. The summed E-state index contributed by atoms with van der Waals surface area (Å²) in [6, 6.07) is 10.7. The maximum absolute atomic E-state index is 12.7. The lowest BCUT2D eigenvalue weighted by Crippen LogP contribution is -2.44. The van der Waals surface area contributed by atoms with Crippen molar-refractivity contribution in [1.29, 1.82) is 0 Å². The van der Waals surface area contributed by atoms with Gasteiger partial charge in [0.1, 0.15) is 5.75 Å². The third-order valence-electron chi connectivity index (χ3n) is 4.30. The fourth-order valence-corrected chi connectivity index (χ4v) is 3.80. The molecule has 0 saturated heterocycles. The van der Waals surface area contributed by atoms with Crippen LogP contribution in [-0.4, -0.2) is 23.6 Å². The summed E-state index contributed by atoms with van der Waals surface area (Å²) in [5.74, 6) is 0.140. The zero-order valence-corrected chi connectivity index (χ0v) is 14.5. The number of para-hydroxylation sites is 1. The zero-order valence-electron chi connectivity index (χ0n) is 12.9. The fraction of sp³-hybridized carbons (Fsp3) is 0.278. The lowest BCUT2D eigenvalue weighted by atomic mass is 10.0. The molecule has 3 N–H and O–H groups in total. The van der Waals surface area contributed by atoms with Gasteiger partial charge in [0.25, 0.3) is 0 Å². The van der Waals surface area contributed by atoms with Crippen LogP contribution in [0.5, 0.6) is 5.75 Å². The summed E-state index contributed by atoms with van der Waals surface area (Å²) in [6.45, 7) is 2.59. The minimum absolute atomic E-state index is 0.0608. The lowest BCUT2D eigenvalue weighted by molar-refractivity contribution is -0.119. The molecule has 1 unspecified atom stereocenters. The third-order valence-corrected chi connectivity index (χ3v) is 5.01. The number of rotatable bonds is 3. The predicted molar refractivity (Wildman–Crippen MR) is 94.7 cm³/mol. The van der Waals surface area contributed by atoms with Crippen molar-refractivity contribution in [3.05, 3.63) is 57.6 Å². The number of amides is 1. The van der Waals surface area contributed by atoms with Gasteiger partial charge in [0, 0.05) is 16.7 Å². The topological polar surface area (TPSA) is 66.6 Å². The molecule has 0 spiro atoms. The number of nitrogens with two attached hydrogens (primary N) is 1. The van der Waals surface area contributed by atoms with E-state index in [4.69, 9.17) is 5.73 Å². The summed E-state index contributed by atoms with van der Waals surface area (Å²) < 4.78 is 0.778. The molecule has 2 aromatic rings. The normalized spacial score (nSPS) is 14.7. The molecular weight excluding hydrogens is 356 g/mol. The second-order valence-corrected chi connectivity index (χ2v) is 6.76. The van der Waals surface area contributed by atoms with E-state index >= 15 is 0 Å². The molecule has 1 aliphatic heterocycles. The largest absolute Gasteiger partial charge is 0.508 e. The first-order chi connectivity index (χ1) is 11.0. The SMILES string of the molecule is Cc1cc(O)cc(Br)c1CC(N)C(=O)N1CCc2ccccc21. The van der Waals surface area contributed by atoms with Crippen molar-refractivity contribution in [2.75, 3.05) is 11.4 Å². The summed E-state index contributed by atoms with van der Waals surface area (Å²) in [4.78, 5) is 14.5. The molecule has 1 heterocycles. The highest BCUT2D eigenvalue weighted by atomic mass is 79.9. The molecule has 0 saturated carbocycles. The van der Waals surface area contributed by atoms with E-state index in [1.807, 2.05) is 25.1 Å². The van der Waals surface area contributed by atoms with Crippen LogP contribution in [0.25, 0.3) is 0 Å². The minimum Gasteiger partial charge on any atom is -0.508 e. The Bertz CT molecular complexity index is 737. The Labute approximate surface area is 144 Å². The fourth-order valence-electron chi connectivity index (χ4n) is 3.09. The molecule has 1 aliphatic rings. The van der Waals surface area contributed by atoms with Crippen molar-refractivity contribution in [3.8, 4) is 5.75 Å². The number of aromatic hydroxyl groups is 1. The number of fused-ring (bicyclic) bond motifs is 1. The highest BCUT2D eigenvalue weighted by molar-refractivity contribution is 9.10. The Kier molecular flexibility index (Phi) is 4.41. The van der Waals surface area contributed by atoms with Crippen LogP contribution >= 0.6 is 15.9 Å². The number of aryl methyl sites for hydroxylation is 1. The van der Waals surface area contributed by atoms with Gasteiger partial charge in [0.15, 0.2) is 0 Å². The number of phenolic OH excluding ortho intramolecular Hbond substituents is 1. The van der Waals surface area contributed by atoms with Gasteiger partial charge >= 0.3 is 0 Å². The van der Waals surface area contributed by atoms with Crippen LogP contribution in [-0.2, 0) is 17.6 Å². The molecule has 5 heteroatoms. The number of hydrogen-bond donors (Lipinski definition) is 2. The minimum atomic E-state index is -0.610. The van der Waals surface area contributed by atoms with Crippen molar-refractivity contribution in [3.63, 3.8) is 0 Å². The standard InChI is InChI=1S/C18H19BrN2O2/c1-11-8-13(22)9-15(19)14(11)10-16(20)18(23)21-7-6-12-4-2-3-5-17(12)21/h2-5,8-9,16,22H,6-7,10,20H2,1H3. The van der Waals surface area contributed by atoms with Crippen molar-refractivity contribution in [2.45, 2.75) is 25.8 Å². The van der Waals surface area contributed by atoms with Crippen molar-refractivity contribution in [1.82, 2.24) is 0 Å². The smallest absolute Gasteiger partial charge is 0.244 e. The maximum atomic E-state index is 12.7. The Morgan fingerprint density at radius 3 is 2.87 bits per heavy atom. The molecular formula is C18H19BrN2O2. The van der Waals surface area contributed by atoms with Crippen LogP contribution in [0.15, 0.2) is 40.9 Å². The van der Waals surface area contributed by atoms with Crippen LogP contribution in [0.1, 0.15) is 16.7 Å². The average Bonchev–Trinajstić information content (AvgIpc) is 2.93. The van der Waals surface area contributed by atoms with Gasteiger partial charge < -0.3 is 15.7 Å². The van der Waals surface area contributed by atoms with Crippen molar-refractivity contribution < 1.29 is 9.90 Å². The molecule has 1 amide bonds. The number of nitrogens with zero attached hydrogens (tertiary/aromatic N) is 1. The van der Waals surface area contributed by atoms with Crippen LogP contribution in [0.2, 0.25) is 0 Å². The number of benzene rings is 2. The van der Waals surface area contributed by atoms with E-state index in [2.05, 4.69) is 22.0 Å². The monoisotopic (exact) mass is 374 g/mol. The maximum Gasteiger partial charge on any atom is 0.244 e. The van der Waals surface area contributed by atoms with Crippen molar-refractivity contribution >= 4 is 27.5 Å². The number of halogens is 1. The zero-order chi connectivity index (χ0) is 16.6. The molecule has 0 aliphatic carbocycles. The van der Waals surface area contributed by atoms with E-state index in [1.165, 1.54) is 5.56 Å². The first kappa shape index (κ1) is 16.0. The quantitative estimate of drug-likeness (QED) is 0.867. The summed E-state index contributed by atoms with van der Waals surface area (Å²) in [5, 5.41) is 9.61. The molecule has 0 bridgehead atoms. The van der Waals surface area contributed by atoms with Gasteiger partial charge in [0.05, 0.1) is 6.04 Å². The highest BCUT2D eigenvalue weighted by Crippen LogP contribution is 2.30. The number of carbonyl (C=O) groups excluding carboxylic acids is 1. The van der Waals surface area contributed by atoms with E-state index in [-0.39, 0.29) is 11.7 Å². The molecule has 4 nitrogen and oxygen atoms in total. The summed E-state index contributed by atoms with van der Waals surface area (Å²) in [7, 11) is 0. The van der Waals surface area contributed by atoms with Gasteiger partial charge in [-0.15, -0.1) is 0 Å². The molecule has 0 fully saturated rings. The van der Waals surface area contributed by atoms with Gasteiger partial charge in [-0.1, -0.05) is 34.1 Å². The van der Waals surface area contributed by atoms with Gasteiger partial charge in [-0.05, 0) is 54.7 Å². The molecule has 3 rings (SSSR count). The Morgan fingerprint density at radius 1 is 1.39 bits per heavy atom. The van der Waals surface area contributed by atoms with E-state index in [0.29, 0.717) is 13.0 Å². The summed E-state index contributed by atoms with van der Waals surface area (Å²) in [6.07, 6.45) is 1.31. The average molecular weight is 375 g/mol. The van der Waals surface area contributed by atoms with E-state index in [0.717, 1.165) is 27.7 Å². The van der Waals surface area contributed by atoms with Crippen LogP contribution < -0.4 is 10.6 Å². The molecule has 1 atom stereocenters. The van der Waals surface area contributed by atoms with E-state index in [9.17, 15) is 9.90 Å². The van der Waals surface area contributed by atoms with Gasteiger partial charge in [0.2, 0.25) is 5.91 Å². The Balaban J connectivity index is 1.80. The van der Waals surface area contributed by atoms with Gasteiger partial charge in [-0.25, -0.2) is 0 Å². The highest BCUT2D eigenvalue weighted by Gasteiger charge is 2.28. The lowest BCUT2D eigenvalue weighted by Gasteiger charge is -2.22. The van der Waals surface area contributed by atoms with E-state index < -0.39 is 6.04 Å². The number of phenols is 1. The first-order valence-electron chi connectivity index (χ1n) is 7.60. The van der Waals surface area contributed by atoms with Crippen LogP contribution in [0.4, 0.5) is 5.69 Å². The Hall–Kier alpha value is -1.85. The molecule has 120 valence electrons. The number of anilines is 1. The Morgan fingerprint density at radius 2 is 2.13 bits per heavy atom. The van der Waals surface area contributed by atoms with Crippen LogP contribution in [0.3, 0.4) is 0 Å². The summed E-state index contributed by atoms with van der Waals surface area (Å²) >= 11 is 3.44. The predicted octanol–water partition coefficient (Wildman–Crippen LogP) is 2.92. The summed E-state index contributed by atoms with van der Waals surface area (Å²) in [5.41, 5.74) is 10.2. The van der Waals surface area contributed by atoms with Crippen LogP contribution in [0, 0.1) is 6.92 Å². The number of carbonyl (C=O) groups is 1. The second kappa shape index (κ2) is 6.34. The molecule has 0 radical (unpaired) electrons. The van der Waals surface area contributed by atoms with Crippen molar-refractivity contribution in [2.24, 2.45) is 5.73 Å². The molecule has 2 aromatic carbocycles. The van der Waals surface area contributed by atoms with Gasteiger partial charge in [-0.3, -0.25) is 4.79 Å². The van der Waals surface area contributed by atoms with Gasteiger partial charge in [-0.2, -0.15) is 0 Å². The number of hydrogen-bond acceptors (Lipinski definition) is 3. The first-order valence-corrected chi connectivity index (χ1v) is 8.39.